The number of aliphatic hydroxyl groups is 1. The van der Waals surface area contributed by atoms with Crippen molar-refractivity contribution in [1.29, 1.82) is 0 Å². The van der Waals surface area contributed by atoms with Crippen molar-refractivity contribution in [2.75, 3.05) is 0 Å². The van der Waals surface area contributed by atoms with Gasteiger partial charge in [-0.1, -0.05) is 26.2 Å². The van der Waals surface area contributed by atoms with Gasteiger partial charge >= 0.3 is 0 Å². The molecule has 0 amide bonds. The molecule has 3 heteroatoms. The van der Waals surface area contributed by atoms with Crippen LogP contribution in [0.1, 0.15) is 55.5 Å². The van der Waals surface area contributed by atoms with E-state index in [1.54, 1.807) is 13.1 Å². The molecule has 0 aliphatic heterocycles. The number of aryl methyl sites for hydroxylation is 1. The van der Waals surface area contributed by atoms with E-state index < -0.39 is 6.10 Å². The second-order valence-corrected chi connectivity index (χ2v) is 4.33. The molecule has 0 spiro atoms. The van der Waals surface area contributed by atoms with Crippen molar-refractivity contribution < 1.29 is 5.11 Å². The van der Waals surface area contributed by atoms with Gasteiger partial charge in [0.2, 0.25) is 0 Å². The number of rotatable bonds is 5. The molecule has 1 aromatic heterocycles. The van der Waals surface area contributed by atoms with Crippen molar-refractivity contribution in [2.24, 2.45) is 0 Å². The molecular weight excluding hydrogens is 202 g/mol. The lowest BCUT2D eigenvalue weighted by atomic mass is 10.0. The monoisotopic (exact) mass is 223 g/mol. The van der Waals surface area contributed by atoms with Gasteiger partial charge in [0, 0.05) is 23.0 Å². The number of hydrogen-bond donors (Lipinski definition) is 2. The molecule has 0 saturated carbocycles. The Kier molecular flexibility index (Phi) is 4.74. The molecule has 0 radical (unpaired) electrons. The summed E-state index contributed by atoms with van der Waals surface area (Å²) in [6.07, 6.45) is 4.86. The Balaban J connectivity index is 2.80. The van der Waals surface area contributed by atoms with Crippen molar-refractivity contribution in [1.82, 2.24) is 4.98 Å². The standard InChI is InChI=1S/C13H21NO2/c1-4-5-6-7-12(15)11-8-14-10(3)9(2)13(11)16/h8,12,15H,4-7H2,1-3H3,(H,14,16). The van der Waals surface area contributed by atoms with Gasteiger partial charge in [-0.2, -0.15) is 0 Å². The summed E-state index contributed by atoms with van der Waals surface area (Å²) in [4.78, 5) is 14.9. The van der Waals surface area contributed by atoms with Gasteiger partial charge in [0.25, 0.3) is 0 Å². The predicted octanol–water partition coefficient (Wildman–Crippen LogP) is 2.61. The maximum atomic E-state index is 11.9. The molecular formula is C13H21NO2. The fourth-order valence-corrected chi connectivity index (χ4v) is 1.74. The van der Waals surface area contributed by atoms with Crippen LogP contribution in [0.25, 0.3) is 0 Å². The van der Waals surface area contributed by atoms with E-state index in [1.807, 2.05) is 6.92 Å². The summed E-state index contributed by atoms with van der Waals surface area (Å²) in [5.41, 5.74) is 2.04. The summed E-state index contributed by atoms with van der Waals surface area (Å²) < 4.78 is 0. The van der Waals surface area contributed by atoms with E-state index in [0.717, 1.165) is 25.0 Å². The molecule has 2 N–H and O–H groups in total. The average Bonchev–Trinajstić information content (AvgIpc) is 2.26. The lowest BCUT2D eigenvalue weighted by Gasteiger charge is -2.11. The quantitative estimate of drug-likeness (QED) is 0.754. The van der Waals surface area contributed by atoms with Gasteiger partial charge in [-0.15, -0.1) is 0 Å². The molecule has 0 aliphatic rings. The van der Waals surface area contributed by atoms with Gasteiger partial charge < -0.3 is 10.1 Å². The third-order valence-electron chi connectivity index (χ3n) is 3.05. The van der Waals surface area contributed by atoms with Crippen LogP contribution in [0, 0.1) is 13.8 Å². The van der Waals surface area contributed by atoms with Crippen molar-refractivity contribution in [3.8, 4) is 0 Å². The second-order valence-electron chi connectivity index (χ2n) is 4.33. The number of pyridine rings is 1. The highest BCUT2D eigenvalue weighted by molar-refractivity contribution is 5.24. The van der Waals surface area contributed by atoms with E-state index in [-0.39, 0.29) is 5.43 Å². The Bertz CT molecular complexity index is 395. The van der Waals surface area contributed by atoms with Crippen LogP contribution in [0.3, 0.4) is 0 Å². The highest BCUT2D eigenvalue weighted by Gasteiger charge is 2.13. The molecule has 1 aromatic rings. The molecule has 90 valence electrons. The number of aliphatic hydroxyl groups excluding tert-OH is 1. The van der Waals surface area contributed by atoms with E-state index in [2.05, 4.69) is 11.9 Å². The molecule has 0 saturated heterocycles. The molecule has 16 heavy (non-hydrogen) atoms. The van der Waals surface area contributed by atoms with Crippen LogP contribution in [-0.4, -0.2) is 10.1 Å². The number of unbranched alkanes of at least 4 members (excludes halogenated alkanes) is 2. The lowest BCUT2D eigenvalue weighted by molar-refractivity contribution is 0.162. The smallest absolute Gasteiger partial charge is 0.190 e. The van der Waals surface area contributed by atoms with Crippen molar-refractivity contribution >= 4 is 0 Å². The largest absolute Gasteiger partial charge is 0.388 e. The Hall–Kier alpha value is -1.09. The summed E-state index contributed by atoms with van der Waals surface area (Å²) in [5.74, 6) is 0. The first-order valence-electron chi connectivity index (χ1n) is 5.94. The molecule has 0 bridgehead atoms. The SMILES string of the molecule is CCCCCC(O)c1c[nH]c(C)c(C)c1=O. The zero-order valence-electron chi connectivity index (χ0n) is 10.3. The number of aromatic nitrogens is 1. The number of H-pyrrole nitrogens is 1. The van der Waals surface area contributed by atoms with E-state index in [0.29, 0.717) is 17.5 Å². The Labute approximate surface area is 96.5 Å². The molecule has 0 fully saturated rings. The molecule has 0 aliphatic carbocycles. The molecule has 1 unspecified atom stereocenters. The number of nitrogens with one attached hydrogen (secondary N) is 1. The maximum absolute atomic E-state index is 11.9. The van der Waals surface area contributed by atoms with Crippen molar-refractivity contribution in [3.05, 3.63) is 33.2 Å². The Morgan fingerprint density at radius 3 is 2.69 bits per heavy atom. The summed E-state index contributed by atoms with van der Waals surface area (Å²) in [5, 5.41) is 9.92. The Morgan fingerprint density at radius 2 is 2.06 bits per heavy atom. The average molecular weight is 223 g/mol. The van der Waals surface area contributed by atoms with E-state index in [9.17, 15) is 9.90 Å². The third-order valence-corrected chi connectivity index (χ3v) is 3.05. The zero-order chi connectivity index (χ0) is 12.1. The normalized spacial score (nSPS) is 12.8. The minimum absolute atomic E-state index is 0.0275. The van der Waals surface area contributed by atoms with Crippen LogP contribution in [-0.2, 0) is 0 Å². The van der Waals surface area contributed by atoms with Gasteiger partial charge in [-0.05, 0) is 20.3 Å². The van der Waals surface area contributed by atoms with Crippen LogP contribution >= 0.6 is 0 Å². The van der Waals surface area contributed by atoms with E-state index in [4.69, 9.17) is 0 Å². The predicted molar refractivity (Wildman–Crippen MR) is 65.6 cm³/mol. The number of hydrogen-bond acceptors (Lipinski definition) is 2. The summed E-state index contributed by atoms with van der Waals surface area (Å²) in [6, 6.07) is 0. The van der Waals surface area contributed by atoms with E-state index in [1.165, 1.54) is 0 Å². The summed E-state index contributed by atoms with van der Waals surface area (Å²) >= 11 is 0. The fourth-order valence-electron chi connectivity index (χ4n) is 1.74. The van der Waals surface area contributed by atoms with Crippen LogP contribution < -0.4 is 5.43 Å². The minimum Gasteiger partial charge on any atom is -0.388 e. The first-order valence-corrected chi connectivity index (χ1v) is 5.94. The first kappa shape index (κ1) is 13.0. The Morgan fingerprint density at radius 1 is 1.38 bits per heavy atom. The second kappa shape index (κ2) is 5.85. The van der Waals surface area contributed by atoms with Crippen LogP contribution in [0.4, 0.5) is 0 Å². The topological polar surface area (TPSA) is 53.1 Å². The van der Waals surface area contributed by atoms with Crippen LogP contribution in [0.2, 0.25) is 0 Å². The third kappa shape index (κ3) is 2.95. The number of aromatic amines is 1. The maximum Gasteiger partial charge on any atom is 0.190 e. The lowest BCUT2D eigenvalue weighted by Crippen LogP contribution is -2.17. The molecule has 1 rings (SSSR count). The van der Waals surface area contributed by atoms with Crippen molar-refractivity contribution in [2.45, 2.75) is 52.6 Å². The van der Waals surface area contributed by atoms with Crippen molar-refractivity contribution in [3.63, 3.8) is 0 Å². The highest BCUT2D eigenvalue weighted by atomic mass is 16.3. The van der Waals surface area contributed by atoms with Gasteiger partial charge in [0.1, 0.15) is 0 Å². The molecule has 3 nitrogen and oxygen atoms in total. The molecule has 0 aromatic carbocycles. The summed E-state index contributed by atoms with van der Waals surface area (Å²) in [6.45, 7) is 5.77. The zero-order valence-corrected chi connectivity index (χ0v) is 10.3. The first-order chi connectivity index (χ1) is 7.57. The van der Waals surface area contributed by atoms with E-state index >= 15 is 0 Å². The van der Waals surface area contributed by atoms with Gasteiger partial charge in [0.05, 0.1) is 6.10 Å². The van der Waals surface area contributed by atoms with Gasteiger partial charge in [-0.3, -0.25) is 4.79 Å². The van der Waals surface area contributed by atoms with Gasteiger partial charge in [-0.25, -0.2) is 0 Å². The molecule has 1 atom stereocenters. The minimum atomic E-state index is -0.630. The fraction of sp³-hybridized carbons (Fsp3) is 0.615. The molecule has 1 heterocycles. The highest BCUT2D eigenvalue weighted by Crippen LogP contribution is 2.16. The summed E-state index contributed by atoms with van der Waals surface area (Å²) in [7, 11) is 0. The van der Waals surface area contributed by atoms with Crippen LogP contribution in [0.15, 0.2) is 11.0 Å². The van der Waals surface area contributed by atoms with Gasteiger partial charge in [0.15, 0.2) is 5.43 Å². The van der Waals surface area contributed by atoms with Crippen LogP contribution in [0.5, 0.6) is 0 Å².